The number of para-hydroxylation sites is 2. The molecule has 3 heteroatoms. The van der Waals surface area contributed by atoms with Gasteiger partial charge in [0.1, 0.15) is 5.82 Å². The van der Waals surface area contributed by atoms with Gasteiger partial charge in [-0.25, -0.2) is 4.98 Å². The zero-order valence-electron chi connectivity index (χ0n) is 9.41. The topological polar surface area (TPSA) is 17.8 Å². The van der Waals surface area contributed by atoms with Crippen LogP contribution in [0.5, 0.6) is 0 Å². The fourth-order valence-corrected chi connectivity index (χ4v) is 2.50. The maximum atomic E-state index is 5.85. The summed E-state index contributed by atoms with van der Waals surface area (Å²) in [5.74, 6) is 1.77. The molecule has 0 unspecified atom stereocenters. The van der Waals surface area contributed by atoms with Crippen molar-refractivity contribution in [1.29, 1.82) is 0 Å². The number of fused-ring (bicyclic) bond motifs is 1. The van der Waals surface area contributed by atoms with E-state index in [9.17, 15) is 0 Å². The van der Waals surface area contributed by atoms with Crippen molar-refractivity contribution in [2.24, 2.45) is 0 Å². The Morgan fingerprint density at radius 3 is 2.81 bits per heavy atom. The normalized spacial score (nSPS) is 17.9. The number of hydrogen-bond donors (Lipinski definition) is 0. The van der Waals surface area contributed by atoms with Gasteiger partial charge in [-0.1, -0.05) is 12.1 Å². The highest BCUT2D eigenvalue weighted by Crippen LogP contribution is 2.45. The Balaban J connectivity index is 2.24. The molecule has 1 aliphatic carbocycles. The lowest BCUT2D eigenvalue weighted by Gasteiger charge is -2.15. The quantitative estimate of drug-likeness (QED) is 0.745. The van der Waals surface area contributed by atoms with Gasteiger partial charge < -0.3 is 4.57 Å². The van der Waals surface area contributed by atoms with Crippen LogP contribution in [-0.4, -0.2) is 15.4 Å². The Bertz CT molecular complexity index is 526. The number of hydrogen-bond acceptors (Lipinski definition) is 1. The summed E-state index contributed by atoms with van der Waals surface area (Å²) in [6, 6.07) is 8.36. The smallest absolute Gasteiger partial charge is 0.111 e. The number of benzene rings is 1. The van der Waals surface area contributed by atoms with Crippen molar-refractivity contribution in [1.82, 2.24) is 9.55 Å². The molecule has 0 radical (unpaired) electrons. The van der Waals surface area contributed by atoms with Gasteiger partial charge in [0, 0.05) is 17.8 Å². The first-order valence-corrected chi connectivity index (χ1v) is 6.31. The maximum absolute atomic E-state index is 5.85. The average molecular weight is 235 g/mol. The molecule has 1 aromatic carbocycles. The van der Waals surface area contributed by atoms with Crippen molar-refractivity contribution in [3.63, 3.8) is 0 Å². The van der Waals surface area contributed by atoms with Gasteiger partial charge in [-0.15, -0.1) is 11.6 Å². The van der Waals surface area contributed by atoms with Crippen LogP contribution in [0.2, 0.25) is 0 Å². The number of aromatic nitrogens is 2. The molecule has 0 saturated heterocycles. The monoisotopic (exact) mass is 234 g/mol. The van der Waals surface area contributed by atoms with Crippen LogP contribution < -0.4 is 0 Å². The van der Waals surface area contributed by atoms with E-state index in [0.29, 0.717) is 5.88 Å². The highest BCUT2D eigenvalue weighted by atomic mass is 35.5. The molecule has 0 atom stereocenters. The van der Waals surface area contributed by atoms with Gasteiger partial charge in [0.2, 0.25) is 0 Å². The van der Waals surface area contributed by atoms with Crippen molar-refractivity contribution >= 4 is 22.6 Å². The molecule has 1 aliphatic rings. The Morgan fingerprint density at radius 2 is 2.12 bits per heavy atom. The minimum Gasteiger partial charge on any atom is -0.322 e. The minimum absolute atomic E-state index is 0.289. The summed E-state index contributed by atoms with van der Waals surface area (Å²) in [4.78, 5) is 4.69. The molecule has 1 fully saturated rings. The van der Waals surface area contributed by atoms with Crippen molar-refractivity contribution in [2.75, 3.05) is 5.88 Å². The van der Waals surface area contributed by atoms with Crippen molar-refractivity contribution in [3.05, 3.63) is 30.1 Å². The van der Waals surface area contributed by atoms with Crippen LogP contribution in [0.1, 0.15) is 25.6 Å². The molecule has 84 valence electrons. The second-order valence-corrected chi connectivity index (χ2v) is 5.17. The van der Waals surface area contributed by atoms with Crippen LogP contribution >= 0.6 is 11.6 Å². The Labute approximate surface area is 100 Å². The van der Waals surface area contributed by atoms with Crippen LogP contribution in [-0.2, 0) is 12.0 Å². The van der Waals surface area contributed by atoms with E-state index in [0.717, 1.165) is 17.8 Å². The molecule has 0 bridgehead atoms. The second-order valence-electron chi connectivity index (χ2n) is 4.79. The van der Waals surface area contributed by atoms with E-state index in [1.807, 2.05) is 6.07 Å². The lowest BCUT2D eigenvalue weighted by molar-refractivity contribution is 0.525. The van der Waals surface area contributed by atoms with E-state index in [4.69, 9.17) is 11.6 Å². The second kappa shape index (κ2) is 3.49. The number of imidazole rings is 1. The molecule has 0 aliphatic heterocycles. The lowest BCUT2D eigenvalue weighted by atomic mass is 10.2. The summed E-state index contributed by atoms with van der Waals surface area (Å²) in [5.41, 5.74) is 2.63. The SMILES string of the molecule is CC1(n2c(CCCl)nc3ccccc32)CC1. The number of aryl methyl sites for hydroxylation is 1. The van der Waals surface area contributed by atoms with E-state index in [1.165, 1.54) is 18.4 Å². The third-order valence-electron chi connectivity index (χ3n) is 3.46. The summed E-state index contributed by atoms with van der Waals surface area (Å²) in [6.45, 7) is 2.30. The van der Waals surface area contributed by atoms with Crippen molar-refractivity contribution in [2.45, 2.75) is 31.7 Å². The van der Waals surface area contributed by atoms with Gasteiger partial charge in [0.05, 0.1) is 11.0 Å². The van der Waals surface area contributed by atoms with E-state index in [2.05, 4.69) is 34.7 Å². The molecule has 0 N–H and O–H groups in total. The lowest BCUT2D eigenvalue weighted by Crippen LogP contribution is -2.16. The molecule has 0 spiro atoms. The van der Waals surface area contributed by atoms with Crippen LogP contribution in [0, 0.1) is 0 Å². The maximum Gasteiger partial charge on any atom is 0.111 e. The largest absolute Gasteiger partial charge is 0.322 e. The summed E-state index contributed by atoms with van der Waals surface area (Å²) >= 11 is 5.85. The molecule has 16 heavy (non-hydrogen) atoms. The van der Waals surface area contributed by atoms with Crippen molar-refractivity contribution < 1.29 is 0 Å². The van der Waals surface area contributed by atoms with Crippen LogP contribution in [0.4, 0.5) is 0 Å². The summed E-state index contributed by atoms with van der Waals surface area (Å²) in [7, 11) is 0. The first-order chi connectivity index (χ1) is 7.74. The summed E-state index contributed by atoms with van der Waals surface area (Å²) < 4.78 is 2.39. The summed E-state index contributed by atoms with van der Waals surface area (Å²) in [5, 5.41) is 0. The number of halogens is 1. The first kappa shape index (κ1) is 10.2. The van der Waals surface area contributed by atoms with Crippen LogP contribution in [0.3, 0.4) is 0 Å². The molecule has 2 nitrogen and oxygen atoms in total. The predicted octanol–water partition coefficient (Wildman–Crippen LogP) is 3.33. The Kier molecular flexibility index (Phi) is 2.21. The van der Waals surface area contributed by atoms with Gasteiger partial charge in [-0.3, -0.25) is 0 Å². The highest BCUT2D eigenvalue weighted by Gasteiger charge is 2.41. The number of alkyl halides is 1. The highest BCUT2D eigenvalue weighted by molar-refractivity contribution is 6.17. The number of rotatable bonds is 3. The van der Waals surface area contributed by atoms with Gasteiger partial charge in [-0.2, -0.15) is 0 Å². The third-order valence-corrected chi connectivity index (χ3v) is 3.65. The molecular formula is C13H15ClN2. The van der Waals surface area contributed by atoms with E-state index >= 15 is 0 Å². The van der Waals surface area contributed by atoms with E-state index in [1.54, 1.807) is 0 Å². The van der Waals surface area contributed by atoms with Crippen LogP contribution in [0.25, 0.3) is 11.0 Å². The van der Waals surface area contributed by atoms with Crippen molar-refractivity contribution in [3.8, 4) is 0 Å². The summed E-state index contributed by atoms with van der Waals surface area (Å²) in [6.07, 6.45) is 3.36. The van der Waals surface area contributed by atoms with Gasteiger partial charge in [0.15, 0.2) is 0 Å². The molecule has 2 aromatic rings. The molecule has 1 heterocycles. The number of nitrogens with zero attached hydrogens (tertiary/aromatic N) is 2. The predicted molar refractivity (Wildman–Crippen MR) is 67.0 cm³/mol. The fourth-order valence-electron chi connectivity index (χ4n) is 2.33. The average Bonchev–Trinajstić information content (AvgIpc) is 2.91. The zero-order valence-corrected chi connectivity index (χ0v) is 10.2. The zero-order chi connectivity index (χ0) is 11.2. The molecular weight excluding hydrogens is 220 g/mol. The Hall–Kier alpha value is -1.02. The minimum atomic E-state index is 0.289. The first-order valence-electron chi connectivity index (χ1n) is 5.77. The molecule has 0 amide bonds. The Morgan fingerprint density at radius 1 is 1.38 bits per heavy atom. The van der Waals surface area contributed by atoms with Gasteiger partial charge in [0.25, 0.3) is 0 Å². The third kappa shape index (κ3) is 1.44. The van der Waals surface area contributed by atoms with Crippen LogP contribution in [0.15, 0.2) is 24.3 Å². The standard InChI is InChI=1S/C13H15ClN2/c1-13(7-8-13)16-11-5-3-2-4-10(11)15-12(16)6-9-14/h2-5H,6-9H2,1H3. The fraction of sp³-hybridized carbons (Fsp3) is 0.462. The molecule has 3 rings (SSSR count). The van der Waals surface area contributed by atoms with E-state index in [-0.39, 0.29) is 5.54 Å². The van der Waals surface area contributed by atoms with Gasteiger partial charge >= 0.3 is 0 Å². The molecule has 1 saturated carbocycles. The molecule has 1 aromatic heterocycles. The van der Waals surface area contributed by atoms with E-state index < -0.39 is 0 Å². The van der Waals surface area contributed by atoms with Gasteiger partial charge in [-0.05, 0) is 31.9 Å².